The Morgan fingerprint density at radius 2 is 1.93 bits per heavy atom. The molecule has 1 aliphatic rings. The normalized spacial score (nSPS) is 16.2. The summed E-state index contributed by atoms with van der Waals surface area (Å²) < 4.78 is 4.94. The van der Waals surface area contributed by atoms with Gasteiger partial charge in [-0.15, -0.1) is 0 Å². The van der Waals surface area contributed by atoms with E-state index in [0.29, 0.717) is 12.3 Å². The summed E-state index contributed by atoms with van der Waals surface area (Å²) in [4.78, 5) is 22.3. The number of carbonyl (C=O) groups excluding carboxylic acids is 2. The number of alkyl carbamates (subject to hydrolysis) is 1. The molecule has 14 heavy (non-hydrogen) atoms. The number of hydrogen-bond donors (Lipinski definition) is 1. The van der Waals surface area contributed by atoms with Gasteiger partial charge in [-0.3, -0.25) is 10.1 Å². The molecule has 1 rings (SSSR count). The lowest BCUT2D eigenvalue weighted by Gasteiger charge is -2.19. The van der Waals surface area contributed by atoms with Gasteiger partial charge < -0.3 is 4.74 Å². The summed E-state index contributed by atoms with van der Waals surface area (Å²) >= 11 is 0. The predicted octanol–water partition coefficient (Wildman–Crippen LogP) is 1.84. The van der Waals surface area contributed by atoms with Gasteiger partial charge in [0.05, 0.1) is 0 Å². The predicted molar refractivity (Wildman–Crippen MR) is 51.7 cm³/mol. The molecule has 1 fully saturated rings. The minimum absolute atomic E-state index is 0.234. The number of amides is 2. The van der Waals surface area contributed by atoms with Gasteiger partial charge in [0.15, 0.2) is 0 Å². The fourth-order valence-electron chi connectivity index (χ4n) is 1.05. The highest BCUT2D eigenvalue weighted by atomic mass is 16.6. The van der Waals surface area contributed by atoms with Crippen LogP contribution in [0.2, 0.25) is 0 Å². The summed E-state index contributed by atoms with van der Waals surface area (Å²) in [6.45, 7) is 5.29. The molecule has 0 aromatic carbocycles. The quantitative estimate of drug-likeness (QED) is 0.738. The van der Waals surface area contributed by atoms with Crippen LogP contribution in [0.25, 0.3) is 0 Å². The van der Waals surface area contributed by atoms with Crippen LogP contribution in [-0.4, -0.2) is 17.6 Å². The van der Waals surface area contributed by atoms with Crippen LogP contribution in [-0.2, 0) is 9.53 Å². The molecule has 1 N–H and O–H groups in total. The van der Waals surface area contributed by atoms with Crippen molar-refractivity contribution in [3.8, 4) is 0 Å². The first kappa shape index (κ1) is 11.0. The lowest BCUT2D eigenvalue weighted by molar-refractivity contribution is -0.121. The highest BCUT2D eigenvalue weighted by Crippen LogP contribution is 2.32. The minimum Gasteiger partial charge on any atom is -0.444 e. The maximum atomic E-state index is 11.2. The van der Waals surface area contributed by atoms with E-state index in [1.165, 1.54) is 0 Å². The van der Waals surface area contributed by atoms with E-state index in [1.54, 1.807) is 20.8 Å². The van der Waals surface area contributed by atoms with Crippen LogP contribution < -0.4 is 5.32 Å². The van der Waals surface area contributed by atoms with Gasteiger partial charge in [0.2, 0.25) is 5.91 Å². The minimum atomic E-state index is -0.650. The van der Waals surface area contributed by atoms with Crippen molar-refractivity contribution in [2.24, 2.45) is 5.92 Å². The van der Waals surface area contributed by atoms with E-state index in [1.807, 2.05) is 0 Å². The lowest BCUT2D eigenvalue weighted by atomic mass is 10.2. The van der Waals surface area contributed by atoms with E-state index in [2.05, 4.69) is 5.32 Å². The Balaban J connectivity index is 2.21. The molecule has 0 aliphatic heterocycles. The Bertz CT molecular complexity index is 238. The van der Waals surface area contributed by atoms with Gasteiger partial charge in [-0.1, -0.05) is 0 Å². The molecule has 2 amide bonds. The molecule has 0 unspecified atom stereocenters. The summed E-state index contributed by atoms with van der Waals surface area (Å²) in [6.07, 6.45) is 1.99. The van der Waals surface area contributed by atoms with Gasteiger partial charge in [-0.2, -0.15) is 0 Å². The summed E-state index contributed by atoms with van der Waals surface area (Å²) in [5.41, 5.74) is -0.552. The van der Waals surface area contributed by atoms with Crippen molar-refractivity contribution in [1.29, 1.82) is 0 Å². The van der Waals surface area contributed by atoms with Gasteiger partial charge >= 0.3 is 6.09 Å². The second-order valence-electron chi connectivity index (χ2n) is 4.70. The fraction of sp³-hybridized carbons (Fsp3) is 0.800. The molecule has 4 nitrogen and oxygen atoms in total. The Morgan fingerprint density at radius 3 is 2.36 bits per heavy atom. The first-order chi connectivity index (χ1) is 6.37. The third-order valence-corrected chi connectivity index (χ3v) is 1.81. The third-order valence-electron chi connectivity index (χ3n) is 1.81. The average molecular weight is 199 g/mol. The first-order valence-corrected chi connectivity index (χ1v) is 4.89. The second kappa shape index (κ2) is 3.98. The molecule has 0 aromatic rings. The van der Waals surface area contributed by atoms with Crippen molar-refractivity contribution < 1.29 is 14.3 Å². The van der Waals surface area contributed by atoms with E-state index in [9.17, 15) is 9.59 Å². The topological polar surface area (TPSA) is 55.4 Å². The Labute approximate surface area is 84.0 Å². The number of imide groups is 1. The molecule has 80 valence electrons. The van der Waals surface area contributed by atoms with Crippen molar-refractivity contribution in [3.05, 3.63) is 0 Å². The van der Waals surface area contributed by atoms with Gasteiger partial charge in [-0.05, 0) is 39.5 Å². The maximum absolute atomic E-state index is 11.2. The van der Waals surface area contributed by atoms with Gasteiger partial charge in [0.25, 0.3) is 0 Å². The fourth-order valence-corrected chi connectivity index (χ4v) is 1.05. The van der Waals surface area contributed by atoms with Crippen LogP contribution in [0.15, 0.2) is 0 Å². The van der Waals surface area contributed by atoms with E-state index in [4.69, 9.17) is 4.74 Å². The van der Waals surface area contributed by atoms with Crippen molar-refractivity contribution >= 4 is 12.0 Å². The van der Waals surface area contributed by atoms with E-state index >= 15 is 0 Å². The number of carbonyl (C=O) groups is 2. The lowest BCUT2D eigenvalue weighted by Crippen LogP contribution is -2.36. The van der Waals surface area contributed by atoms with Crippen molar-refractivity contribution in [2.45, 2.75) is 45.6 Å². The van der Waals surface area contributed by atoms with Crippen LogP contribution in [0, 0.1) is 5.92 Å². The van der Waals surface area contributed by atoms with Gasteiger partial charge in [0, 0.05) is 6.42 Å². The van der Waals surface area contributed by atoms with E-state index in [-0.39, 0.29) is 5.91 Å². The maximum Gasteiger partial charge on any atom is 0.414 e. The largest absolute Gasteiger partial charge is 0.444 e. The standard InChI is InChI=1S/C10H17NO3/c1-10(2,3)14-9(13)11-8(12)6-7-4-5-7/h7H,4-6H2,1-3H3,(H,11,12,13). The molecule has 1 saturated carbocycles. The molecule has 0 heterocycles. The van der Waals surface area contributed by atoms with Crippen molar-refractivity contribution in [1.82, 2.24) is 5.32 Å². The van der Waals surface area contributed by atoms with E-state index < -0.39 is 11.7 Å². The highest BCUT2D eigenvalue weighted by Gasteiger charge is 2.26. The molecule has 0 aromatic heterocycles. The number of nitrogens with one attached hydrogen (secondary N) is 1. The van der Waals surface area contributed by atoms with Crippen LogP contribution in [0.3, 0.4) is 0 Å². The summed E-state index contributed by atoms with van der Waals surface area (Å²) in [6, 6.07) is 0. The SMILES string of the molecule is CC(C)(C)OC(=O)NC(=O)CC1CC1. The zero-order chi connectivity index (χ0) is 10.8. The van der Waals surface area contributed by atoms with Crippen LogP contribution in [0.1, 0.15) is 40.0 Å². The van der Waals surface area contributed by atoms with Crippen LogP contribution in [0.4, 0.5) is 4.79 Å². The second-order valence-corrected chi connectivity index (χ2v) is 4.70. The van der Waals surface area contributed by atoms with Gasteiger partial charge in [0.1, 0.15) is 5.60 Å². The third kappa shape index (κ3) is 4.84. The van der Waals surface area contributed by atoms with E-state index in [0.717, 1.165) is 12.8 Å². The molecule has 0 radical (unpaired) electrons. The molecule has 0 bridgehead atoms. The smallest absolute Gasteiger partial charge is 0.414 e. The Kier molecular flexibility index (Phi) is 3.13. The molecule has 1 aliphatic carbocycles. The number of hydrogen-bond acceptors (Lipinski definition) is 3. The van der Waals surface area contributed by atoms with Crippen LogP contribution >= 0.6 is 0 Å². The molecule has 4 heteroatoms. The average Bonchev–Trinajstić information content (AvgIpc) is 2.64. The highest BCUT2D eigenvalue weighted by molar-refractivity contribution is 5.92. The molecular weight excluding hydrogens is 182 g/mol. The van der Waals surface area contributed by atoms with Crippen molar-refractivity contribution in [3.63, 3.8) is 0 Å². The van der Waals surface area contributed by atoms with Gasteiger partial charge in [-0.25, -0.2) is 4.79 Å². The number of ether oxygens (including phenoxy) is 1. The molecule has 0 atom stereocenters. The summed E-state index contributed by atoms with van der Waals surface area (Å²) in [7, 11) is 0. The zero-order valence-electron chi connectivity index (χ0n) is 8.92. The molecular formula is C10H17NO3. The number of rotatable bonds is 2. The Hall–Kier alpha value is -1.06. The summed E-state index contributed by atoms with van der Waals surface area (Å²) in [5, 5.41) is 2.21. The molecule has 0 spiro atoms. The zero-order valence-corrected chi connectivity index (χ0v) is 8.92. The van der Waals surface area contributed by atoms with Crippen LogP contribution in [0.5, 0.6) is 0 Å². The summed E-state index contributed by atoms with van der Waals surface area (Å²) in [5.74, 6) is 0.249. The monoisotopic (exact) mass is 199 g/mol. The Morgan fingerprint density at radius 1 is 1.36 bits per heavy atom. The first-order valence-electron chi connectivity index (χ1n) is 4.89. The molecule has 0 saturated heterocycles. The van der Waals surface area contributed by atoms with Crippen molar-refractivity contribution in [2.75, 3.05) is 0 Å².